The Balaban J connectivity index is 3.05. The van der Waals surface area contributed by atoms with Crippen LogP contribution in [0.1, 0.15) is 13.3 Å². The van der Waals surface area contributed by atoms with E-state index in [9.17, 15) is 9.59 Å². The zero-order valence-corrected chi connectivity index (χ0v) is 12.2. The van der Waals surface area contributed by atoms with Crippen LogP contribution in [0.2, 0.25) is 0 Å². The molecule has 0 aromatic heterocycles. The highest BCUT2D eigenvalue weighted by molar-refractivity contribution is 5.97. The zero-order valence-electron chi connectivity index (χ0n) is 12.2. The number of rotatable bonds is 3. The summed E-state index contributed by atoms with van der Waals surface area (Å²) in [6.45, 7) is 2.02. The van der Waals surface area contributed by atoms with Crippen LogP contribution in [-0.4, -0.2) is 50.5 Å². The van der Waals surface area contributed by atoms with Crippen LogP contribution in [0.3, 0.4) is 0 Å². The Hall–Kier alpha value is -1.65. The van der Waals surface area contributed by atoms with Crippen LogP contribution >= 0.6 is 0 Å². The van der Waals surface area contributed by atoms with E-state index in [1.54, 1.807) is 0 Å². The topological polar surface area (TPSA) is 55.6 Å². The molecule has 19 heavy (non-hydrogen) atoms. The largest absolute Gasteiger partial charge is 0.468 e. The molecule has 0 aromatic rings. The van der Waals surface area contributed by atoms with Gasteiger partial charge >= 0.3 is 11.9 Å². The maximum absolute atomic E-state index is 11.8. The molecule has 1 aliphatic carbocycles. The van der Waals surface area contributed by atoms with E-state index in [1.807, 2.05) is 37.7 Å². The molecule has 0 spiro atoms. The predicted octanol–water partition coefficient (Wildman–Crippen LogP) is 0.874. The lowest BCUT2D eigenvalue weighted by Gasteiger charge is -2.28. The molecule has 0 amide bonds. The Morgan fingerprint density at radius 2 is 1.79 bits per heavy atom. The molecule has 5 nitrogen and oxygen atoms in total. The zero-order chi connectivity index (χ0) is 14.6. The first-order valence-corrected chi connectivity index (χ1v) is 6.29. The highest BCUT2D eigenvalue weighted by Gasteiger charge is 2.40. The van der Waals surface area contributed by atoms with Crippen molar-refractivity contribution in [3.05, 3.63) is 12.2 Å². The van der Waals surface area contributed by atoms with Crippen molar-refractivity contribution in [3.63, 3.8) is 0 Å². The molecular weight excluding hydrogens is 246 g/mol. The Morgan fingerprint density at radius 1 is 1.26 bits per heavy atom. The van der Waals surface area contributed by atoms with Gasteiger partial charge in [-0.1, -0.05) is 13.0 Å². The molecule has 0 aromatic carbocycles. The number of hydrogen-bond donors (Lipinski definition) is 0. The first kappa shape index (κ1) is 15.4. The Morgan fingerprint density at radius 3 is 2.16 bits per heavy atom. The van der Waals surface area contributed by atoms with Gasteiger partial charge in [0.25, 0.3) is 0 Å². The maximum Gasteiger partial charge on any atom is 0.320 e. The molecule has 1 rings (SSSR count). The van der Waals surface area contributed by atoms with Crippen molar-refractivity contribution in [2.24, 2.45) is 17.8 Å². The lowest BCUT2D eigenvalue weighted by atomic mass is 9.76. The van der Waals surface area contributed by atoms with Crippen molar-refractivity contribution >= 4 is 17.7 Å². The number of esters is 2. The first-order chi connectivity index (χ1) is 8.92. The summed E-state index contributed by atoms with van der Waals surface area (Å²) in [6.07, 6.45) is 4.68. The van der Waals surface area contributed by atoms with Crippen LogP contribution in [0, 0.1) is 17.8 Å². The fourth-order valence-electron chi connectivity index (χ4n) is 2.38. The van der Waals surface area contributed by atoms with Gasteiger partial charge in [-0.25, -0.2) is 4.58 Å². The molecule has 106 valence electrons. The lowest BCUT2D eigenvalue weighted by Crippen LogP contribution is -2.38. The second-order valence-corrected chi connectivity index (χ2v) is 5.03. The standard InChI is InChI=1S/C14H22NO4/c1-9-8-10(15(2)3)6-7-11(9)12(13(16)18-4)14(17)19-5/h6-7,9,11-12H,8H2,1-5H3/q+1/t9-,11+/m0/s1. The average molecular weight is 268 g/mol. The summed E-state index contributed by atoms with van der Waals surface area (Å²) in [7, 11) is 6.52. The van der Waals surface area contributed by atoms with Crippen LogP contribution in [-0.2, 0) is 19.1 Å². The van der Waals surface area contributed by atoms with E-state index in [4.69, 9.17) is 9.47 Å². The summed E-state index contributed by atoms with van der Waals surface area (Å²) >= 11 is 0. The number of carbonyl (C=O) groups is 2. The molecule has 0 unspecified atom stereocenters. The summed E-state index contributed by atoms with van der Waals surface area (Å²) in [6, 6.07) is 0. The van der Waals surface area contributed by atoms with Gasteiger partial charge in [-0.3, -0.25) is 9.59 Å². The molecule has 0 N–H and O–H groups in total. The van der Waals surface area contributed by atoms with Crippen LogP contribution in [0.15, 0.2) is 12.2 Å². The van der Waals surface area contributed by atoms with E-state index in [-0.39, 0.29) is 11.8 Å². The molecule has 0 bridgehead atoms. The second kappa shape index (κ2) is 6.50. The Labute approximate surface area is 113 Å². The van der Waals surface area contributed by atoms with E-state index >= 15 is 0 Å². The van der Waals surface area contributed by atoms with Crippen molar-refractivity contribution in [2.75, 3.05) is 28.3 Å². The van der Waals surface area contributed by atoms with Gasteiger partial charge in [-0.05, 0) is 5.92 Å². The molecule has 0 aliphatic heterocycles. The fourth-order valence-corrected chi connectivity index (χ4v) is 2.38. The minimum atomic E-state index is -0.884. The van der Waals surface area contributed by atoms with Crippen molar-refractivity contribution in [3.8, 4) is 0 Å². The number of nitrogens with zero attached hydrogens (tertiary/aromatic N) is 1. The van der Waals surface area contributed by atoms with Gasteiger partial charge in [-0.2, -0.15) is 0 Å². The van der Waals surface area contributed by atoms with Crippen LogP contribution in [0.4, 0.5) is 0 Å². The minimum absolute atomic E-state index is 0.172. The molecule has 0 radical (unpaired) electrons. The average Bonchev–Trinajstić information content (AvgIpc) is 2.39. The number of carbonyl (C=O) groups excluding carboxylic acids is 2. The van der Waals surface area contributed by atoms with Gasteiger partial charge in [0.05, 0.1) is 14.2 Å². The lowest BCUT2D eigenvalue weighted by molar-refractivity contribution is -0.465. The minimum Gasteiger partial charge on any atom is -0.468 e. The van der Waals surface area contributed by atoms with Gasteiger partial charge in [0.15, 0.2) is 11.6 Å². The van der Waals surface area contributed by atoms with Crippen molar-refractivity contribution in [1.82, 2.24) is 0 Å². The third-order valence-electron chi connectivity index (χ3n) is 3.57. The van der Waals surface area contributed by atoms with E-state index in [2.05, 4.69) is 0 Å². The molecule has 1 aliphatic rings. The van der Waals surface area contributed by atoms with Crippen LogP contribution < -0.4 is 0 Å². The Kier molecular flexibility index (Phi) is 5.27. The summed E-state index contributed by atoms with van der Waals surface area (Å²) in [4.78, 5) is 23.6. The van der Waals surface area contributed by atoms with Crippen LogP contribution in [0.5, 0.6) is 0 Å². The molecule has 0 heterocycles. The van der Waals surface area contributed by atoms with Crippen molar-refractivity contribution in [2.45, 2.75) is 13.3 Å². The fraction of sp³-hybridized carbons (Fsp3) is 0.643. The summed E-state index contributed by atoms with van der Waals surface area (Å²) in [5.41, 5.74) is 1.18. The highest BCUT2D eigenvalue weighted by Crippen LogP contribution is 2.31. The SMILES string of the molecule is COC(=O)C(C(=O)OC)[C@@H]1C=CC(=[N+](C)C)C[C@@H]1C. The number of hydrogen-bond acceptors (Lipinski definition) is 4. The molecule has 2 atom stereocenters. The third-order valence-corrected chi connectivity index (χ3v) is 3.57. The van der Waals surface area contributed by atoms with Gasteiger partial charge in [0, 0.05) is 18.4 Å². The van der Waals surface area contributed by atoms with E-state index in [1.165, 1.54) is 19.9 Å². The van der Waals surface area contributed by atoms with E-state index in [0.29, 0.717) is 0 Å². The quantitative estimate of drug-likeness (QED) is 0.433. The van der Waals surface area contributed by atoms with E-state index in [0.717, 1.165) is 6.42 Å². The van der Waals surface area contributed by atoms with Crippen LogP contribution in [0.25, 0.3) is 0 Å². The summed E-state index contributed by atoms with van der Waals surface area (Å²) < 4.78 is 11.5. The smallest absolute Gasteiger partial charge is 0.320 e. The Bertz CT molecular complexity index is 405. The summed E-state index contributed by atoms with van der Waals surface area (Å²) in [5, 5.41) is 0. The number of ether oxygens (including phenoxy) is 2. The van der Waals surface area contributed by atoms with Crippen molar-refractivity contribution < 1.29 is 23.6 Å². The van der Waals surface area contributed by atoms with Gasteiger partial charge < -0.3 is 9.47 Å². The number of allylic oxidation sites excluding steroid dienone is 2. The molecular formula is C14H22NO4+. The predicted molar refractivity (Wildman–Crippen MR) is 71.0 cm³/mol. The van der Waals surface area contributed by atoms with Crippen molar-refractivity contribution in [1.29, 1.82) is 0 Å². The monoisotopic (exact) mass is 268 g/mol. The molecule has 0 saturated carbocycles. The highest BCUT2D eigenvalue weighted by atomic mass is 16.5. The second-order valence-electron chi connectivity index (χ2n) is 5.03. The maximum atomic E-state index is 11.8. The normalized spacial score (nSPS) is 22.3. The first-order valence-electron chi connectivity index (χ1n) is 6.29. The summed E-state index contributed by atoms with van der Waals surface area (Å²) in [5.74, 6) is -1.98. The number of methoxy groups -OCH3 is 2. The van der Waals surface area contributed by atoms with Gasteiger partial charge in [-0.15, -0.1) is 0 Å². The third kappa shape index (κ3) is 3.43. The van der Waals surface area contributed by atoms with Gasteiger partial charge in [0.1, 0.15) is 14.1 Å². The van der Waals surface area contributed by atoms with E-state index < -0.39 is 17.9 Å². The molecule has 5 heteroatoms. The molecule has 0 saturated heterocycles. The van der Waals surface area contributed by atoms with Gasteiger partial charge in [0.2, 0.25) is 0 Å². The molecule has 0 fully saturated rings.